The maximum atomic E-state index is 14.1. The van der Waals surface area contributed by atoms with Crippen LogP contribution in [0.3, 0.4) is 0 Å². The molecule has 3 rings (SSSR count). The molecule has 1 aromatic rings. The van der Waals surface area contributed by atoms with Crippen molar-refractivity contribution in [2.24, 2.45) is 11.8 Å². The van der Waals surface area contributed by atoms with Gasteiger partial charge in [0, 0.05) is 32.5 Å². The smallest absolute Gasteiger partial charge is 0.192 e. The van der Waals surface area contributed by atoms with Crippen molar-refractivity contribution in [3.05, 3.63) is 42.5 Å². The lowest BCUT2D eigenvalue weighted by Gasteiger charge is -2.42. The molecule has 1 unspecified atom stereocenters. The van der Waals surface area contributed by atoms with E-state index in [9.17, 15) is 8.42 Å². The van der Waals surface area contributed by atoms with Crippen molar-refractivity contribution in [1.82, 2.24) is 0 Å². The van der Waals surface area contributed by atoms with Crippen molar-refractivity contribution in [3.63, 3.8) is 0 Å². The SMILES string of the molecule is C=C1[C@H](C)C[C@H](CCCO[Si](CC)(CC)CC)O[C@@H]1C[C@@H]1O[C@H](CC(CO[Si](C)(C)C(C)(C)C)O[Si](C)(C)C(C)(C)C)[C@H](OC)[C@H]1CS(=O)(=O)c1ccccc1. The Morgan fingerprint density at radius 2 is 1.46 bits per heavy atom. The topological polar surface area (TPSA) is 89.5 Å². The summed E-state index contributed by atoms with van der Waals surface area (Å²) in [5.74, 6) is -0.217. The number of benzene rings is 1. The third-order valence-electron chi connectivity index (χ3n) is 14.1. The number of methoxy groups -OCH3 is 1. The fourth-order valence-corrected chi connectivity index (χ4v) is 14.6. The van der Waals surface area contributed by atoms with Gasteiger partial charge in [-0.05, 0) is 97.3 Å². The van der Waals surface area contributed by atoms with Gasteiger partial charge in [0.05, 0.1) is 53.9 Å². The van der Waals surface area contributed by atoms with Crippen molar-refractivity contribution in [2.75, 3.05) is 26.1 Å². The Hall–Kier alpha value is -0.679. The van der Waals surface area contributed by atoms with E-state index >= 15 is 0 Å². The first kappa shape index (κ1) is 49.7. The molecule has 12 heteroatoms. The van der Waals surface area contributed by atoms with Crippen LogP contribution in [0.2, 0.25) is 54.4 Å². The van der Waals surface area contributed by atoms with Crippen LogP contribution in [-0.2, 0) is 37.3 Å². The van der Waals surface area contributed by atoms with Gasteiger partial charge in [0.25, 0.3) is 0 Å². The van der Waals surface area contributed by atoms with Crippen molar-refractivity contribution >= 4 is 34.8 Å². The third-order valence-corrected chi connectivity index (χ3v) is 29.6. The summed E-state index contributed by atoms with van der Waals surface area (Å²) in [5, 5.41) is 0.0477. The van der Waals surface area contributed by atoms with Crippen LogP contribution in [0.15, 0.2) is 47.4 Å². The van der Waals surface area contributed by atoms with Crippen LogP contribution >= 0.6 is 0 Å². The quantitative estimate of drug-likeness (QED) is 0.0686. The Bertz CT molecular complexity index is 1460. The van der Waals surface area contributed by atoms with Gasteiger partial charge in [-0.15, -0.1) is 0 Å². The van der Waals surface area contributed by atoms with Crippen LogP contribution in [0, 0.1) is 11.8 Å². The van der Waals surface area contributed by atoms with Gasteiger partial charge in [-0.25, -0.2) is 8.42 Å². The molecule has 0 N–H and O–H groups in total. The van der Waals surface area contributed by atoms with Gasteiger partial charge < -0.3 is 27.5 Å². The van der Waals surface area contributed by atoms with Crippen LogP contribution < -0.4 is 0 Å². The van der Waals surface area contributed by atoms with Crippen molar-refractivity contribution in [1.29, 1.82) is 0 Å². The minimum atomic E-state index is -3.65. The zero-order chi connectivity index (χ0) is 42.3. The fourth-order valence-electron chi connectivity index (χ4n) is 7.83. The molecule has 56 heavy (non-hydrogen) atoms. The van der Waals surface area contributed by atoms with Gasteiger partial charge in [0.2, 0.25) is 0 Å². The Morgan fingerprint density at radius 1 is 0.875 bits per heavy atom. The second-order valence-electron chi connectivity index (χ2n) is 19.9. The van der Waals surface area contributed by atoms with Gasteiger partial charge in [0.15, 0.2) is 34.8 Å². The molecule has 8 nitrogen and oxygen atoms in total. The van der Waals surface area contributed by atoms with Crippen LogP contribution in [0.25, 0.3) is 0 Å². The Kier molecular flexibility index (Phi) is 18.0. The molecule has 1 aromatic carbocycles. The highest BCUT2D eigenvalue weighted by Crippen LogP contribution is 2.43. The molecule has 0 saturated carbocycles. The standard InChI is InChI=1S/C44H82O8SSi3/c1-17-56(18-2,19-3)48-27-23-24-35-28-33(4)34(5)39(50-35)30-40-38(32-53(45,46)37-25-21-20-22-26-37)42(47-12)41(51-40)29-36(52-55(15,16)44(9,10)11)31-49-54(13,14)43(6,7)8/h20-22,25-26,33,35-36,38-42H,5,17-19,23-24,27-32H2,1-4,6-16H3/t33-,35+,36?,38+,39-,40+,41-,42-/m1/s1. The lowest BCUT2D eigenvalue weighted by Crippen LogP contribution is -2.49. The summed E-state index contributed by atoms with van der Waals surface area (Å²) in [7, 11) is -7.92. The average molecular weight is 855 g/mol. The van der Waals surface area contributed by atoms with E-state index in [1.807, 2.05) is 6.07 Å². The van der Waals surface area contributed by atoms with Gasteiger partial charge in [-0.1, -0.05) is 94.0 Å². The molecular formula is C44H82O8SSi3. The first-order chi connectivity index (χ1) is 25.9. The molecule has 0 aromatic heterocycles. The molecule has 8 atom stereocenters. The molecule has 0 spiro atoms. The van der Waals surface area contributed by atoms with Gasteiger partial charge in [-0.2, -0.15) is 0 Å². The highest BCUT2D eigenvalue weighted by atomic mass is 32.2. The molecule has 2 saturated heterocycles. The third kappa shape index (κ3) is 12.9. The molecule has 0 amide bonds. The molecule has 2 aliphatic heterocycles. The predicted molar refractivity (Wildman–Crippen MR) is 240 cm³/mol. The molecule has 324 valence electrons. The number of hydrogen-bond donors (Lipinski definition) is 0. The minimum Gasteiger partial charge on any atom is -0.417 e. The van der Waals surface area contributed by atoms with Gasteiger partial charge >= 0.3 is 0 Å². The second kappa shape index (κ2) is 20.3. The van der Waals surface area contributed by atoms with Crippen molar-refractivity contribution in [3.8, 4) is 0 Å². The monoisotopic (exact) mass is 855 g/mol. The minimum absolute atomic E-state index is 0.000640. The lowest BCUT2D eigenvalue weighted by molar-refractivity contribution is -0.0759. The zero-order valence-corrected chi connectivity index (χ0v) is 42.0. The highest BCUT2D eigenvalue weighted by Gasteiger charge is 2.50. The number of hydrogen-bond acceptors (Lipinski definition) is 8. The summed E-state index contributed by atoms with van der Waals surface area (Å²) >= 11 is 0. The summed E-state index contributed by atoms with van der Waals surface area (Å²) in [6, 6.07) is 12.2. The van der Waals surface area contributed by atoms with E-state index in [1.165, 1.54) is 0 Å². The Morgan fingerprint density at radius 3 is 2.00 bits per heavy atom. The van der Waals surface area contributed by atoms with E-state index in [-0.39, 0.29) is 46.2 Å². The zero-order valence-electron chi connectivity index (χ0n) is 38.2. The van der Waals surface area contributed by atoms with E-state index in [1.54, 1.807) is 31.4 Å². The number of rotatable bonds is 21. The lowest BCUT2D eigenvalue weighted by atomic mass is 9.83. The first-order valence-electron chi connectivity index (χ1n) is 21.6. The van der Waals surface area contributed by atoms with E-state index in [2.05, 4.69) is 102 Å². The molecular weight excluding hydrogens is 773 g/mol. The molecule has 0 aliphatic carbocycles. The number of sulfone groups is 1. The van der Waals surface area contributed by atoms with Crippen molar-refractivity contribution in [2.45, 2.75) is 197 Å². The van der Waals surface area contributed by atoms with E-state index < -0.39 is 52.9 Å². The largest absolute Gasteiger partial charge is 0.417 e. The highest BCUT2D eigenvalue weighted by molar-refractivity contribution is 7.91. The predicted octanol–water partition coefficient (Wildman–Crippen LogP) is 11.2. The molecule has 2 fully saturated rings. The summed E-state index contributed by atoms with van der Waals surface area (Å²) in [6.07, 6.45) is 2.22. The fraction of sp³-hybridized carbons (Fsp3) is 0.818. The average Bonchev–Trinajstić information content (AvgIpc) is 3.42. The molecule has 2 aliphatic rings. The van der Waals surface area contributed by atoms with Gasteiger partial charge in [0.1, 0.15) is 0 Å². The Labute approximate surface area is 346 Å². The maximum absolute atomic E-state index is 14.1. The molecule has 0 bridgehead atoms. The van der Waals surface area contributed by atoms with E-state index in [4.69, 9.17) is 27.5 Å². The van der Waals surface area contributed by atoms with Crippen molar-refractivity contribution < 1.29 is 35.9 Å². The second-order valence-corrected chi connectivity index (χ2v) is 36.3. The van der Waals surface area contributed by atoms with Crippen LogP contribution in [-0.4, -0.2) is 96.1 Å². The van der Waals surface area contributed by atoms with E-state index in [0.717, 1.165) is 49.6 Å². The van der Waals surface area contributed by atoms with Gasteiger partial charge in [-0.3, -0.25) is 0 Å². The van der Waals surface area contributed by atoms with Crippen LogP contribution in [0.1, 0.15) is 101 Å². The normalized spacial score (nSPS) is 26.5. The number of ether oxygens (including phenoxy) is 3. The summed E-state index contributed by atoms with van der Waals surface area (Å²) in [4.78, 5) is 0.314. The maximum Gasteiger partial charge on any atom is 0.192 e. The molecule has 0 radical (unpaired) electrons. The Balaban J connectivity index is 1.92. The van der Waals surface area contributed by atoms with E-state index in [0.29, 0.717) is 24.3 Å². The molecule has 2 heterocycles. The summed E-state index contributed by atoms with van der Waals surface area (Å²) < 4.78 is 68.9. The first-order valence-corrected chi connectivity index (χ1v) is 31.6. The summed E-state index contributed by atoms with van der Waals surface area (Å²) in [6.45, 7) is 37.4. The summed E-state index contributed by atoms with van der Waals surface area (Å²) in [5.41, 5.74) is 1.06. The van der Waals surface area contributed by atoms with Crippen LogP contribution in [0.5, 0.6) is 0 Å². The van der Waals surface area contributed by atoms with Crippen LogP contribution in [0.4, 0.5) is 0 Å².